The van der Waals surface area contributed by atoms with Crippen LogP contribution in [0.2, 0.25) is 0 Å². The van der Waals surface area contributed by atoms with Crippen molar-refractivity contribution in [2.75, 3.05) is 5.73 Å². The van der Waals surface area contributed by atoms with Gasteiger partial charge in [0.1, 0.15) is 17.2 Å². The van der Waals surface area contributed by atoms with Crippen LogP contribution < -0.4 is 11.5 Å². The minimum Gasteiger partial charge on any atom is -0.508 e. The van der Waals surface area contributed by atoms with Gasteiger partial charge >= 0.3 is 6.18 Å². The zero-order valence-corrected chi connectivity index (χ0v) is 13.8. The summed E-state index contributed by atoms with van der Waals surface area (Å²) in [7, 11) is 0. The number of nitrogen functional groups attached to an aromatic ring is 1. The quantitative estimate of drug-likeness (QED) is 0.649. The fourth-order valence-electron chi connectivity index (χ4n) is 2.99. The summed E-state index contributed by atoms with van der Waals surface area (Å²) in [5.74, 6) is -1.14. The number of benzene rings is 1. The average molecular weight is 364 g/mol. The number of anilines is 1. The van der Waals surface area contributed by atoms with Crippen molar-refractivity contribution in [3.8, 4) is 11.4 Å². The molecule has 0 unspecified atom stereocenters. The van der Waals surface area contributed by atoms with Crippen LogP contribution in [0.3, 0.4) is 0 Å². The van der Waals surface area contributed by atoms with Crippen LogP contribution in [-0.2, 0) is 6.18 Å². The number of amides is 1. The van der Waals surface area contributed by atoms with Gasteiger partial charge in [0.05, 0.1) is 16.8 Å². The van der Waals surface area contributed by atoms with E-state index in [1.807, 2.05) is 0 Å². The summed E-state index contributed by atoms with van der Waals surface area (Å²) >= 11 is 0. The Morgan fingerprint density at radius 3 is 2.50 bits per heavy atom. The van der Waals surface area contributed by atoms with Crippen LogP contribution in [0.1, 0.15) is 27.0 Å². The number of aromatic nitrogens is 2. The highest BCUT2D eigenvalue weighted by Gasteiger charge is 2.33. The lowest BCUT2D eigenvalue weighted by Gasteiger charge is -2.15. The molecular weight excluding hydrogens is 349 g/mol. The number of carbonyl (C=O) groups excluding carboxylic acids is 1. The Labute approximate surface area is 145 Å². The first kappa shape index (κ1) is 17.6. The van der Waals surface area contributed by atoms with Crippen LogP contribution >= 0.6 is 0 Å². The summed E-state index contributed by atoms with van der Waals surface area (Å²) in [6, 6.07) is 3.90. The third-order valence-corrected chi connectivity index (χ3v) is 4.25. The average Bonchev–Trinajstić information content (AvgIpc) is 2.82. The van der Waals surface area contributed by atoms with E-state index in [9.17, 15) is 23.1 Å². The third-order valence-electron chi connectivity index (χ3n) is 4.25. The van der Waals surface area contributed by atoms with Gasteiger partial charge in [-0.05, 0) is 31.5 Å². The first-order valence-electron chi connectivity index (χ1n) is 7.50. The molecule has 2 heterocycles. The lowest BCUT2D eigenvalue weighted by atomic mass is 10.1. The predicted octanol–water partition coefficient (Wildman–Crippen LogP) is 3.05. The van der Waals surface area contributed by atoms with Crippen molar-refractivity contribution < 1.29 is 23.1 Å². The highest BCUT2D eigenvalue weighted by Crippen LogP contribution is 2.38. The zero-order chi connectivity index (χ0) is 19.4. The largest absolute Gasteiger partial charge is 0.508 e. The van der Waals surface area contributed by atoms with E-state index in [0.717, 1.165) is 6.07 Å². The molecule has 0 aliphatic carbocycles. The number of alkyl halides is 3. The number of hydrogen-bond acceptors (Lipinski definition) is 4. The second-order valence-corrected chi connectivity index (χ2v) is 5.93. The van der Waals surface area contributed by atoms with Gasteiger partial charge in [0.15, 0.2) is 0 Å². The molecule has 3 rings (SSSR count). The van der Waals surface area contributed by atoms with Crippen LogP contribution in [-0.4, -0.2) is 20.6 Å². The molecule has 0 spiro atoms. The van der Waals surface area contributed by atoms with E-state index in [1.165, 1.54) is 10.6 Å². The lowest BCUT2D eigenvalue weighted by Crippen LogP contribution is -2.14. The highest BCUT2D eigenvalue weighted by atomic mass is 19.4. The van der Waals surface area contributed by atoms with Crippen LogP contribution in [0.25, 0.3) is 16.7 Å². The fraction of sp³-hybridized carbons (Fsp3) is 0.176. The molecule has 2 aromatic heterocycles. The summed E-state index contributed by atoms with van der Waals surface area (Å²) in [5.41, 5.74) is 11.7. The van der Waals surface area contributed by atoms with Crippen LogP contribution in [0, 0.1) is 13.8 Å². The number of pyridine rings is 1. The maximum Gasteiger partial charge on any atom is 0.417 e. The smallest absolute Gasteiger partial charge is 0.417 e. The fourth-order valence-corrected chi connectivity index (χ4v) is 2.99. The molecule has 6 nitrogen and oxygen atoms in total. The Bertz CT molecular complexity index is 1050. The monoisotopic (exact) mass is 364 g/mol. The SMILES string of the molecule is Cc1ccc(O)c(C)c1-n1c(N)c(C(N)=O)c2cc(C(F)(F)F)cnc21. The topological polar surface area (TPSA) is 107 Å². The molecular formula is C17H15F3N4O2. The molecule has 136 valence electrons. The minimum absolute atomic E-state index is 0.0283. The predicted molar refractivity (Wildman–Crippen MR) is 90.1 cm³/mol. The van der Waals surface area contributed by atoms with Crippen molar-refractivity contribution >= 4 is 22.8 Å². The summed E-state index contributed by atoms with van der Waals surface area (Å²) in [6.45, 7) is 3.36. The van der Waals surface area contributed by atoms with E-state index in [0.29, 0.717) is 23.0 Å². The number of carbonyl (C=O) groups is 1. The molecule has 0 saturated heterocycles. The summed E-state index contributed by atoms with van der Waals surface area (Å²) < 4.78 is 40.4. The Hall–Kier alpha value is -3.23. The molecule has 0 atom stereocenters. The molecule has 1 aromatic carbocycles. The van der Waals surface area contributed by atoms with Gasteiger partial charge in [-0.3, -0.25) is 9.36 Å². The standard InChI is InChI=1S/C17H15F3N4O2/c1-7-3-4-11(25)8(2)13(7)24-14(21)12(15(22)26)10-5-9(17(18,19)20)6-23-16(10)24/h3-6,25H,21H2,1-2H3,(H2,22,26). The van der Waals surface area contributed by atoms with Gasteiger partial charge in [-0.25, -0.2) is 4.98 Å². The Morgan fingerprint density at radius 1 is 1.27 bits per heavy atom. The zero-order valence-electron chi connectivity index (χ0n) is 13.8. The number of phenols is 1. The number of phenolic OH excluding ortho intramolecular Hbond substituents is 1. The summed E-state index contributed by atoms with van der Waals surface area (Å²) in [6.07, 6.45) is -3.97. The number of aromatic hydroxyl groups is 1. The first-order valence-corrected chi connectivity index (χ1v) is 7.50. The first-order chi connectivity index (χ1) is 12.0. The van der Waals surface area contributed by atoms with Crippen molar-refractivity contribution in [2.24, 2.45) is 5.73 Å². The number of fused-ring (bicyclic) bond motifs is 1. The van der Waals surface area contributed by atoms with Crippen molar-refractivity contribution in [2.45, 2.75) is 20.0 Å². The van der Waals surface area contributed by atoms with Gasteiger partial charge < -0.3 is 16.6 Å². The van der Waals surface area contributed by atoms with Gasteiger partial charge in [-0.2, -0.15) is 13.2 Å². The molecule has 0 saturated carbocycles. The second-order valence-electron chi connectivity index (χ2n) is 5.93. The number of rotatable bonds is 2. The molecule has 0 aliphatic heterocycles. The highest BCUT2D eigenvalue weighted by molar-refractivity contribution is 6.11. The molecule has 0 aliphatic rings. The maximum absolute atomic E-state index is 13.0. The molecule has 0 bridgehead atoms. The molecule has 9 heteroatoms. The molecule has 0 radical (unpaired) electrons. The molecule has 1 amide bonds. The summed E-state index contributed by atoms with van der Waals surface area (Å²) in [5, 5.41) is 9.90. The Kier molecular flexibility index (Phi) is 3.82. The van der Waals surface area contributed by atoms with Crippen LogP contribution in [0.5, 0.6) is 5.75 Å². The van der Waals surface area contributed by atoms with Crippen molar-refractivity contribution in [3.63, 3.8) is 0 Å². The number of hydrogen-bond donors (Lipinski definition) is 3. The molecule has 0 fully saturated rings. The van der Waals surface area contributed by atoms with Crippen LogP contribution in [0.15, 0.2) is 24.4 Å². The number of halogens is 3. The number of primary amides is 1. The Morgan fingerprint density at radius 2 is 1.92 bits per heavy atom. The van der Waals surface area contributed by atoms with Crippen molar-refractivity contribution in [1.29, 1.82) is 0 Å². The van der Waals surface area contributed by atoms with Gasteiger partial charge in [0.25, 0.3) is 5.91 Å². The van der Waals surface area contributed by atoms with Gasteiger partial charge in [-0.1, -0.05) is 6.07 Å². The molecule has 26 heavy (non-hydrogen) atoms. The van der Waals surface area contributed by atoms with E-state index < -0.39 is 17.6 Å². The van der Waals surface area contributed by atoms with E-state index in [1.54, 1.807) is 19.9 Å². The van der Waals surface area contributed by atoms with Crippen molar-refractivity contribution in [1.82, 2.24) is 9.55 Å². The van der Waals surface area contributed by atoms with Gasteiger partial charge in [0, 0.05) is 17.1 Å². The number of aryl methyl sites for hydroxylation is 1. The Balaban J connectivity index is 2.48. The van der Waals surface area contributed by atoms with Crippen LogP contribution in [0.4, 0.5) is 19.0 Å². The molecule has 5 N–H and O–H groups in total. The van der Waals surface area contributed by atoms with E-state index in [4.69, 9.17) is 11.5 Å². The van der Waals surface area contributed by atoms with Gasteiger partial charge in [-0.15, -0.1) is 0 Å². The second kappa shape index (κ2) is 5.65. The van der Waals surface area contributed by atoms with E-state index >= 15 is 0 Å². The normalized spacial score (nSPS) is 11.9. The van der Waals surface area contributed by atoms with E-state index in [-0.39, 0.29) is 28.2 Å². The minimum atomic E-state index is -4.64. The number of nitrogens with zero attached hydrogens (tertiary/aromatic N) is 2. The summed E-state index contributed by atoms with van der Waals surface area (Å²) in [4.78, 5) is 15.7. The lowest BCUT2D eigenvalue weighted by molar-refractivity contribution is -0.137. The maximum atomic E-state index is 13.0. The number of nitrogens with two attached hydrogens (primary N) is 2. The van der Waals surface area contributed by atoms with Crippen molar-refractivity contribution in [3.05, 3.63) is 46.6 Å². The van der Waals surface area contributed by atoms with E-state index in [2.05, 4.69) is 4.98 Å². The molecule has 3 aromatic rings. The third kappa shape index (κ3) is 2.52. The van der Waals surface area contributed by atoms with Gasteiger partial charge in [0.2, 0.25) is 0 Å².